The fraction of sp³-hybridized carbons (Fsp3) is 0.889. The lowest BCUT2D eigenvalue weighted by Crippen LogP contribution is -2.55. The van der Waals surface area contributed by atoms with Crippen LogP contribution >= 0.6 is 0 Å². The van der Waals surface area contributed by atoms with Crippen molar-refractivity contribution in [3.8, 4) is 0 Å². The number of nitrogens with one attached hydrogen (secondary N) is 2. The monoisotopic (exact) mass is 337 g/mol. The Bertz CT molecular complexity index is 466. The molecule has 3 fully saturated rings. The predicted molar refractivity (Wildman–Crippen MR) is 91.4 cm³/mol. The SMILES string of the molecule is CCC1CCC(NC(=O)N2CCC3(CC2)NC(=O)[C@H](CC)O3)CC1. The van der Waals surface area contributed by atoms with Gasteiger partial charge in [-0.1, -0.05) is 20.3 Å². The summed E-state index contributed by atoms with van der Waals surface area (Å²) in [5.41, 5.74) is -0.548. The van der Waals surface area contributed by atoms with Crippen molar-refractivity contribution >= 4 is 11.9 Å². The molecule has 1 saturated carbocycles. The van der Waals surface area contributed by atoms with E-state index >= 15 is 0 Å². The highest BCUT2D eigenvalue weighted by Crippen LogP contribution is 2.31. The minimum absolute atomic E-state index is 0.0110. The Balaban J connectivity index is 1.45. The lowest BCUT2D eigenvalue weighted by Gasteiger charge is -2.39. The number of carbonyl (C=O) groups is 2. The Morgan fingerprint density at radius 1 is 1.21 bits per heavy atom. The van der Waals surface area contributed by atoms with Crippen molar-refractivity contribution in [3.63, 3.8) is 0 Å². The predicted octanol–water partition coefficient (Wildman–Crippen LogP) is 2.38. The number of nitrogens with zero attached hydrogens (tertiary/aromatic N) is 1. The molecule has 2 heterocycles. The summed E-state index contributed by atoms with van der Waals surface area (Å²) in [5.74, 6) is 0.825. The van der Waals surface area contributed by atoms with Gasteiger partial charge in [0.1, 0.15) is 11.8 Å². The van der Waals surface area contributed by atoms with Crippen LogP contribution in [0.2, 0.25) is 0 Å². The average Bonchev–Trinajstić information content (AvgIpc) is 2.91. The van der Waals surface area contributed by atoms with Crippen molar-refractivity contribution in [2.45, 2.75) is 83.1 Å². The highest BCUT2D eigenvalue weighted by atomic mass is 16.5. The number of piperidine rings is 1. The number of carbonyl (C=O) groups excluding carboxylic acids is 2. The van der Waals surface area contributed by atoms with Crippen LogP contribution in [0.5, 0.6) is 0 Å². The lowest BCUT2D eigenvalue weighted by atomic mass is 9.84. The molecule has 2 aliphatic heterocycles. The van der Waals surface area contributed by atoms with E-state index in [1.807, 2.05) is 11.8 Å². The maximum absolute atomic E-state index is 12.5. The quantitative estimate of drug-likeness (QED) is 0.831. The zero-order valence-corrected chi connectivity index (χ0v) is 15.0. The zero-order valence-electron chi connectivity index (χ0n) is 15.0. The van der Waals surface area contributed by atoms with Gasteiger partial charge in [0, 0.05) is 32.0 Å². The number of hydrogen-bond acceptors (Lipinski definition) is 3. The van der Waals surface area contributed by atoms with Crippen LogP contribution in [0.3, 0.4) is 0 Å². The first-order valence-corrected chi connectivity index (χ1v) is 9.60. The Morgan fingerprint density at radius 3 is 2.42 bits per heavy atom. The van der Waals surface area contributed by atoms with E-state index in [1.165, 1.54) is 19.3 Å². The van der Waals surface area contributed by atoms with Crippen LogP contribution < -0.4 is 10.6 Å². The average molecular weight is 337 g/mol. The molecule has 2 N–H and O–H groups in total. The van der Waals surface area contributed by atoms with Crippen LogP contribution in [0, 0.1) is 5.92 Å². The fourth-order valence-electron chi connectivity index (χ4n) is 4.22. The van der Waals surface area contributed by atoms with Crippen LogP contribution in [-0.2, 0) is 9.53 Å². The molecule has 6 heteroatoms. The molecule has 2 saturated heterocycles. The molecule has 0 aromatic rings. The topological polar surface area (TPSA) is 70.7 Å². The van der Waals surface area contributed by atoms with Crippen LogP contribution in [0.25, 0.3) is 0 Å². The summed E-state index contributed by atoms with van der Waals surface area (Å²) in [4.78, 5) is 26.2. The Kier molecular flexibility index (Phi) is 5.33. The smallest absolute Gasteiger partial charge is 0.317 e. The number of hydrogen-bond donors (Lipinski definition) is 2. The highest BCUT2D eigenvalue weighted by molar-refractivity contribution is 5.83. The van der Waals surface area contributed by atoms with E-state index in [4.69, 9.17) is 4.74 Å². The highest BCUT2D eigenvalue weighted by Gasteiger charge is 2.46. The van der Waals surface area contributed by atoms with Gasteiger partial charge in [0.05, 0.1) is 0 Å². The van der Waals surface area contributed by atoms with Gasteiger partial charge in [-0.15, -0.1) is 0 Å². The fourth-order valence-corrected chi connectivity index (χ4v) is 4.22. The van der Waals surface area contributed by atoms with E-state index in [2.05, 4.69) is 17.6 Å². The van der Waals surface area contributed by atoms with Gasteiger partial charge in [0.25, 0.3) is 5.91 Å². The minimum atomic E-state index is -0.548. The van der Waals surface area contributed by atoms with E-state index in [1.54, 1.807) is 0 Å². The maximum atomic E-state index is 12.5. The van der Waals surface area contributed by atoms with Gasteiger partial charge in [-0.2, -0.15) is 0 Å². The molecule has 136 valence electrons. The van der Waals surface area contributed by atoms with Gasteiger partial charge < -0.3 is 20.3 Å². The summed E-state index contributed by atoms with van der Waals surface area (Å²) in [6.07, 6.45) is 7.59. The molecule has 3 amide bonds. The zero-order chi connectivity index (χ0) is 17.2. The van der Waals surface area contributed by atoms with Crippen LogP contribution in [0.1, 0.15) is 65.2 Å². The number of rotatable bonds is 3. The van der Waals surface area contributed by atoms with Crippen LogP contribution in [-0.4, -0.2) is 47.8 Å². The number of amides is 3. The third-order valence-electron chi connectivity index (χ3n) is 5.99. The molecule has 0 radical (unpaired) electrons. The van der Waals surface area contributed by atoms with Crippen molar-refractivity contribution < 1.29 is 14.3 Å². The standard InChI is InChI=1S/C18H31N3O3/c1-3-13-5-7-14(8-6-13)19-17(23)21-11-9-18(10-12-21)20-16(22)15(4-2)24-18/h13-15H,3-12H2,1-2H3,(H,19,23)(H,20,22)/t13?,14?,15-/m0/s1. The second-order valence-corrected chi connectivity index (χ2v) is 7.56. The van der Waals surface area contributed by atoms with Crippen molar-refractivity contribution in [2.24, 2.45) is 5.92 Å². The molecule has 0 aromatic heterocycles. The number of ether oxygens (including phenoxy) is 1. The van der Waals surface area contributed by atoms with Gasteiger partial charge in [0.15, 0.2) is 0 Å². The van der Waals surface area contributed by atoms with E-state index in [0.29, 0.717) is 38.4 Å². The third-order valence-corrected chi connectivity index (χ3v) is 5.99. The Hall–Kier alpha value is -1.30. The molecule has 0 bridgehead atoms. The largest absolute Gasteiger partial charge is 0.343 e. The summed E-state index contributed by atoms with van der Waals surface area (Å²) >= 11 is 0. The molecule has 24 heavy (non-hydrogen) atoms. The summed E-state index contributed by atoms with van der Waals surface area (Å²) in [7, 11) is 0. The first kappa shape index (κ1) is 17.5. The molecular weight excluding hydrogens is 306 g/mol. The lowest BCUT2D eigenvalue weighted by molar-refractivity contribution is -0.124. The third kappa shape index (κ3) is 3.68. The van der Waals surface area contributed by atoms with E-state index in [-0.39, 0.29) is 18.0 Å². The molecule has 1 spiro atoms. The molecular formula is C18H31N3O3. The molecule has 0 unspecified atom stereocenters. The molecule has 0 aromatic carbocycles. The van der Waals surface area contributed by atoms with E-state index < -0.39 is 5.72 Å². The molecule has 1 atom stereocenters. The number of likely N-dealkylation sites (tertiary alicyclic amines) is 1. The van der Waals surface area contributed by atoms with Crippen molar-refractivity contribution in [1.29, 1.82) is 0 Å². The summed E-state index contributed by atoms with van der Waals surface area (Å²) in [6.45, 7) is 5.47. The second-order valence-electron chi connectivity index (χ2n) is 7.56. The van der Waals surface area contributed by atoms with Crippen molar-refractivity contribution in [2.75, 3.05) is 13.1 Å². The van der Waals surface area contributed by atoms with Crippen LogP contribution in [0.4, 0.5) is 4.79 Å². The Labute approximate surface area is 144 Å². The van der Waals surface area contributed by atoms with Gasteiger partial charge in [0.2, 0.25) is 0 Å². The van der Waals surface area contributed by atoms with Crippen molar-refractivity contribution in [3.05, 3.63) is 0 Å². The van der Waals surface area contributed by atoms with Gasteiger partial charge in [-0.25, -0.2) is 4.79 Å². The molecule has 3 rings (SSSR count). The van der Waals surface area contributed by atoms with Crippen molar-refractivity contribution in [1.82, 2.24) is 15.5 Å². The maximum Gasteiger partial charge on any atom is 0.317 e. The summed E-state index contributed by atoms with van der Waals surface area (Å²) in [5, 5.41) is 6.20. The normalized spacial score (nSPS) is 32.7. The summed E-state index contributed by atoms with van der Waals surface area (Å²) < 4.78 is 5.93. The summed E-state index contributed by atoms with van der Waals surface area (Å²) in [6, 6.07) is 0.365. The first-order valence-electron chi connectivity index (χ1n) is 9.60. The Morgan fingerprint density at radius 2 is 1.88 bits per heavy atom. The number of urea groups is 1. The van der Waals surface area contributed by atoms with E-state index in [9.17, 15) is 9.59 Å². The molecule has 3 aliphatic rings. The minimum Gasteiger partial charge on any atom is -0.343 e. The van der Waals surface area contributed by atoms with Crippen LogP contribution in [0.15, 0.2) is 0 Å². The molecule has 1 aliphatic carbocycles. The first-order chi connectivity index (χ1) is 11.5. The van der Waals surface area contributed by atoms with Gasteiger partial charge in [-0.3, -0.25) is 4.79 Å². The van der Waals surface area contributed by atoms with Gasteiger partial charge >= 0.3 is 6.03 Å². The van der Waals surface area contributed by atoms with E-state index in [0.717, 1.165) is 18.8 Å². The molecule has 6 nitrogen and oxygen atoms in total. The second kappa shape index (κ2) is 7.30. The van der Waals surface area contributed by atoms with Gasteiger partial charge in [-0.05, 0) is 38.0 Å².